The van der Waals surface area contributed by atoms with Gasteiger partial charge in [0.05, 0.1) is 22.6 Å². The maximum absolute atomic E-state index is 13.3. The summed E-state index contributed by atoms with van der Waals surface area (Å²) >= 11 is 7.43. The van der Waals surface area contributed by atoms with Crippen LogP contribution in [0.5, 0.6) is 0 Å². The quantitative estimate of drug-likeness (QED) is 0.565. The van der Waals surface area contributed by atoms with Gasteiger partial charge in [0, 0.05) is 10.1 Å². The van der Waals surface area contributed by atoms with E-state index in [1.54, 1.807) is 6.07 Å². The van der Waals surface area contributed by atoms with Crippen LogP contribution in [0.2, 0.25) is 5.02 Å². The van der Waals surface area contributed by atoms with Crippen LogP contribution in [0, 0.1) is 5.82 Å². The van der Waals surface area contributed by atoms with Crippen LogP contribution in [0.15, 0.2) is 42.5 Å². The second-order valence-electron chi connectivity index (χ2n) is 5.27. The summed E-state index contributed by atoms with van der Waals surface area (Å²) in [6, 6.07) is 11.9. The molecule has 0 atom stereocenters. The van der Waals surface area contributed by atoms with Crippen molar-refractivity contribution in [1.29, 1.82) is 0 Å². The lowest BCUT2D eigenvalue weighted by Crippen LogP contribution is -2.22. The molecule has 4 rings (SSSR count). The Kier molecular flexibility index (Phi) is 3.70. The molecular formula is C17H11ClFN3OS. The monoisotopic (exact) mass is 359 g/mol. The lowest BCUT2D eigenvalue weighted by molar-refractivity contribution is 0.0954. The van der Waals surface area contributed by atoms with Crippen molar-refractivity contribution in [3.63, 3.8) is 0 Å². The molecule has 0 aliphatic carbocycles. The zero-order valence-electron chi connectivity index (χ0n) is 12.3. The van der Waals surface area contributed by atoms with Gasteiger partial charge in [-0.25, -0.2) is 9.37 Å². The van der Waals surface area contributed by atoms with Gasteiger partial charge in [-0.15, -0.1) is 11.3 Å². The van der Waals surface area contributed by atoms with E-state index in [2.05, 4.69) is 15.3 Å². The highest BCUT2D eigenvalue weighted by Crippen LogP contribution is 2.35. The summed E-state index contributed by atoms with van der Waals surface area (Å²) in [4.78, 5) is 20.3. The van der Waals surface area contributed by atoms with Gasteiger partial charge in [0.15, 0.2) is 0 Å². The number of para-hydroxylation sites is 2. The molecule has 2 N–H and O–H groups in total. The Labute approximate surface area is 145 Å². The van der Waals surface area contributed by atoms with Crippen molar-refractivity contribution >= 4 is 50.0 Å². The summed E-state index contributed by atoms with van der Waals surface area (Å²) in [7, 11) is 0. The number of hydrogen-bond donors (Lipinski definition) is 2. The smallest absolute Gasteiger partial charge is 0.263 e. The number of carbonyl (C=O) groups is 1. The summed E-state index contributed by atoms with van der Waals surface area (Å²) in [5.41, 5.74) is 1.76. The third kappa shape index (κ3) is 2.64. The fraction of sp³-hybridized carbons (Fsp3) is 0.0588. The van der Waals surface area contributed by atoms with E-state index in [1.807, 2.05) is 24.3 Å². The van der Waals surface area contributed by atoms with Crippen molar-refractivity contribution in [2.45, 2.75) is 6.54 Å². The fourth-order valence-corrected chi connectivity index (χ4v) is 3.98. The number of H-pyrrole nitrogens is 1. The number of imidazole rings is 1. The molecule has 4 nitrogen and oxygen atoms in total. The molecular weight excluding hydrogens is 349 g/mol. The van der Waals surface area contributed by atoms with E-state index in [1.165, 1.54) is 23.5 Å². The van der Waals surface area contributed by atoms with Crippen LogP contribution in [-0.4, -0.2) is 15.9 Å². The van der Waals surface area contributed by atoms with Crippen LogP contribution in [0.4, 0.5) is 4.39 Å². The van der Waals surface area contributed by atoms with E-state index in [0.29, 0.717) is 25.8 Å². The third-order valence-corrected chi connectivity index (χ3v) is 5.31. The third-order valence-electron chi connectivity index (χ3n) is 3.65. The molecule has 2 heterocycles. The molecule has 2 aromatic heterocycles. The van der Waals surface area contributed by atoms with Gasteiger partial charge in [0.2, 0.25) is 0 Å². The van der Waals surface area contributed by atoms with E-state index in [-0.39, 0.29) is 18.3 Å². The first-order valence-electron chi connectivity index (χ1n) is 7.21. The van der Waals surface area contributed by atoms with E-state index in [9.17, 15) is 9.18 Å². The number of thiophene rings is 1. The molecule has 0 bridgehead atoms. The van der Waals surface area contributed by atoms with Crippen LogP contribution in [0.1, 0.15) is 15.5 Å². The number of nitrogens with zero attached hydrogens (tertiary/aromatic N) is 1. The fourth-order valence-electron chi connectivity index (χ4n) is 2.52. The molecule has 0 aliphatic heterocycles. The molecule has 7 heteroatoms. The number of halogens is 2. The molecule has 120 valence electrons. The maximum atomic E-state index is 13.3. The molecule has 0 fully saturated rings. The minimum atomic E-state index is -0.352. The number of amides is 1. The van der Waals surface area contributed by atoms with Gasteiger partial charge in [0.25, 0.3) is 5.91 Å². The molecule has 0 aliphatic rings. The van der Waals surface area contributed by atoms with Crippen molar-refractivity contribution in [2.75, 3.05) is 0 Å². The summed E-state index contributed by atoms with van der Waals surface area (Å²) in [6.07, 6.45) is 0. The molecule has 4 aromatic rings. The van der Waals surface area contributed by atoms with Crippen molar-refractivity contribution in [3.8, 4) is 0 Å². The van der Waals surface area contributed by atoms with Gasteiger partial charge in [-0.05, 0) is 30.3 Å². The lowest BCUT2D eigenvalue weighted by Gasteiger charge is -2.01. The van der Waals surface area contributed by atoms with Gasteiger partial charge < -0.3 is 10.3 Å². The van der Waals surface area contributed by atoms with E-state index >= 15 is 0 Å². The van der Waals surface area contributed by atoms with Gasteiger partial charge in [-0.3, -0.25) is 4.79 Å². The molecule has 0 unspecified atom stereocenters. The maximum Gasteiger partial charge on any atom is 0.263 e. The molecule has 2 aromatic carbocycles. The highest BCUT2D eigenvalue weighted by atomic mass is 35.5. The summed E-state index contributed by atoms with van der Waals surface area (Å²) < 4.78 is 13.9. The Balaban J connectivity index is 1.56. The van der Waals surface area contributed by atoms with E-state index < -0.39 is 0 Å². The Hall–Kier alpha value is -2.44. The predicted octanol–water partition coefficient (Wildman–Crippen LogP) is 4.50. The molecule has 1 amide bonds. The van der Waals surface area contributed by atoms with Crippen molar-refractivity contribution < 1.29 is 9.18 Å². The largest absolute Gasteiger partial charge is 0.344 e. The number of aromatic amines is 1. The average Bonchev–Trinajstić information content (AvgIpc) is 3.13. The highest BCUT2D eigenvalue weighted by Gasteiger charge is 2.17. The number of carbonyl (C=O) groups excluding carboxylic acids is 1. The van der Waals surface area contributed by atoms with Crippen molar-refractivity contribution in [1.82, 2.24) is 15.3 Å². The predicted molar refractivity (Wildman–Crippen MR) is 94.1 cm³/mol. The van der Waals surface area contributed by atoms with Crippen molar-refractivity contribution in [2.24, 2.45) is 0 Å². The second kappa shape index (κ2) is 5.89. The van der Waals surface area contributed by atoms with Gasteiger partial charge in [-0.2, -0.15) is 0 Å². The normalized spacial score (nSPS) is 11.2. The topological polar surface area (TPSA) is 57.8 Å². The van der Waals surface area contributed by atoms with Gasteiger partial charge in [-0.1, -0.05) is 23.7 Å². The number of nitrogens with one attached hydrogen (secondary N) is 2. The second-order valence-corrected chi connectivity index (χ2v) is 6.70. The molecule has 24 heavy (non-hydrogen) atoms. The standard InChI is InChI=1S/C17H11ClFN3OS/c18-15-10-6-5-9(19)7-13(10)24-16(15)17(23)20-8-14-21-11-3-1-2-4-12(11)22-14/h1-7H,8H2,(H,20,23)(H,21,22). The SMILES string of the molecule is O=C(NCc1nc2ccccc2[nH]1)c1sc2cc(F)ccc2c1Cl. The van der Waals surface area contributed by atoms with Crippen LogP contribution in [-0.2, 0) is 6.54 Å². The Bertz CT molecular complexity index is 1040. The van der Waals surface area contributed by atoms with E-state index in [4.69, 9.17) is 11.6 Å². The van der Waals surface area contributed by atoms with Crippen LogP contribution in [0.25, 0.3) is 21.1 Å². The first-order chi connectivity index (χ1) is 11.6. The minimum absolute atomic E-state index is 0.256. The Morgan fingerprint density at radius 1 is 1.29 bits per heavy atom. The molecule has 0 spiro atoms. The molecule has 0 saturated heterocycles. The number of benzene rings is 2. The number of aromatic nitrogens is 2. The highest BCUT2D eigenvalue weighted by molar-refractivity contribution is 7.21. The van der Waals surface area contributed by atoms with E-state index in [0.717, 1.165) is 11.0 Å². The van der Waals surface area contributed by atoms with Gasteiger partial charge >= 0.3 is 0 Å². The summed E-state index contributed by atoms with van der Waals surface area (Å²) in [5, 5.41) is 3.81. The number of rotatable bonds is 3. The molecule has 0 radical (unpaired) electrons. The van der Waals surface area contributed by atoms with Crippen LogP contribution in [0.3, 0.4) is 0 Å². The molecule has 0 saturated carbocycles. The first kappa shape index (κ1) is 15.1. The number of hydrogen-bond acceptors (Lipinski definition) is 3. The number of fused-ring (bicyclic) bond motifs is 2. The van der Waals surface area contributed by atoms with Crippen molar-refractivity contribution in [3.05, 3.63) is 64.0 Å². The Morgan fingerprint density at radius 2 is 2.12 bits per heavy atom. The summed E-state index contributed by atoms with van der Waals surface area (Å²) in [5.74, 6) is 0.00421. The zero-order valence-corrected chi connectivity index (χ0v) is 13.8. The lowest BCUT2D eigenvalue weighted by atomic mass is 10.2. The minimum Gasteiger partial charge on any atom is -0.344 e. The zero-order chi connectivity index (χ0) is 16.7. The summed E-state index contributed by atoms with van der Waals surface area (Å²) in [6.45, 7) is 0.256. The van der Waals surface area contributed by atoms with Crippen LogP contribution < -0.4 is 5.32 Å². The first-order valence-corrected chi connectivity index (χ1v) is 8.40. The van der Waals surface area contributed by atoms with Crippen LogP contribution >= 0.6 is 22.9 Å². The average molecular weight is 360 g/mol. The Morgan fingerprint density at radius 3 is 2.96 bits per heavy atom. The van der Waals surface area contributed by atoms with Gasteiger partial charge in [0.1, 0.15) is 16.5 Å².